The number of aromatic nitrogens is 1. The number of aromatic carboxylic acids is 1. The standard InChI is InChI=1S/C12H10ClNO3S/c1-17-10-3-2-8(13)4-7(10)5-11-14-9(6-18-11)12(15)16/h2-4,6H,5H2,1H3,(H,15,16). The Bertz CT molecular complexity index is 582. The number of carboxylic acid groups (broad SMARTS) is 1. The number of nitrogens with zero attached hydrogens (tertiary/aromatic N) is 1. The van der Waals surface area contributed by atoms with E-state index in [2.05, 4.69) is 4.98 Å². The monoisotopic (exact) mass is 283 g/mol. The highest BCUT2D eigenvalue weighted by atomic mass is 35.5. The molecule has 0 bridgehead atoms. The first-order chi connectivity index (χ1) is 8.60. The van der Waals surface area contributed by atoms with Crippen LogP contribution in [0.2, 0.25) is 5.02 Å². The van der Waals surface area contributed by atoms with Crippen molar-refractivity contribution >= 4 is 28.9 Å². The lowest BCUT2D eigenvalue weighted by atomic mass is 10.1. The van der Waals surface area contributed by atoms with Gasteiger partial charge in [-0.3, -0.25) is 0 Å². The molecule has 0 unspecified atom stereocenters. The average Bonchev–Trinajstić information content (AvgIpc) is 2.78. The van der Waals surface area contributed by atoms with E-state index in [1.165, 1.54) is 16.7 Å². The Morgan fingerprint density at radius 2 is 2.33 bits per heavy atom. The van der Waals surface area contributed by atoms with Gasteiger partial charge in [0.25, 0.3) is 0 Å². The third-order valence-corrected chi connectivity index (χ3v) is 3.44. The van der Waals surface area contributed by atoms with E-state index in [4.69, 9.17) is 21.4 Å². The number of carbonyl (C=O) groups is 1. The van der Waals surface area contributed by atoms with E-state index in [0.29, 0.717) is 22.2 Å². The van der Waals surface area contributed by atoms with Crippen molar-refractivity contribution in [3.8, 4) is 5.75 Å². The van der Waals surface area contributed by atoms with Crippen molar-refractivity contribution in [1.82, 2.24) is 4.98 Å². The van der Waals surface area contributed by atoms with Gasteiger partial charge in [0.05, 0.1) is 12.1 Å². The van der Waals surface area contributed by atoms with Crippen LogP contribution in [-0.4, -0.2) is 23.2 Å². The molecule has 0 atom stereocenters. The van der Waals surface area contributed by atoms with Crippen molar-refractivity contribution in [2.45, 2.75) is 6.42 Å². The zero-order valence-electron chi connectivity index (χ0n) is 9.51. The summed E-state index contributed by atoms with van der Waals surface area (Å²) in [5.74, 6) is -0.304. The molecule has 0 fully saturated rings. The first-order valence-corrected chi connectivity index (χ1v) is 6.36. The zero-order valence-corrected chi connectivity index (χ0v) is 11.1. The number of rotatable bonds is 4. The summed E-state index contributed by atoms with van der Waals surface area (Å²) in [6.45, 7) is 0. The van der Waals surface area contributed by atoms with Gasteiger partial charge in [-0.2, -0.15) is 0 Å². The lowest BCUT2D eigenvalue weighted by Gasteiger charge is -2.07. The Hall–Kier alpha value is -1.59. The number of thiazole rings is 1. The molecule has 0 radical (unpaired) electrons. The zero-order chi connectivity index (χ0) is 13.1. The maximum atomic E-state index is 10.7. The fraction of sp³-hybridized carbons (Fsp3) is 0.167. The fourth-order valence-corrected chi connectivity index (χ4v) is 2.52. The molecule has 0 aliphatic rings. The maximum Gasteiger partial charge on any atom is 0.355 e. The van der Waals surface area contributed by atoms with Crippen LogP contribution < -0.4 is 4.74 Å². The smallest absolute Gasteiger partial charge is 0.355 e. The van der Waals surface area contributed by atoms with Crippen LogP contribution in [0.25, 0.3) is 0 Å². The second kappa shape index (κ2) is 5.37. The van der Waals surface area contributed by atoms with E-state index in [-0.39, 0.29) is 5.69 Å². The van der Waals surface area contributed by atoms with Crippen molar-refractivity contribution in [2.24, 2.45) is 0 Å². The van der Waals surface area contributed by atoms with Crippen molar-refractivity contribution in [3.63, 3.8) is 0 Å². The van der Waals surface area contributed by atoms with Gasteiger partial charge in [0, 0.05) is 22.4 Å². The van der Waals surface area contributed by atoms with Crippen molar-refractivity contribution in [2.75, 3.05) is 7.11 Å². The Balaban J connectivity index is 2.27. The van der Waals surface area contributed by atoms with Crippen LogP contribution in [0.15, 0.2) is 23.6 Å². The number of hydrogen-bond donors (Lipinski definition) is 1. The van der Waals surface area contributed by atoms with Crippen LogP contribution in [0.1, 0.15) is 21.1 Å². The summed E-state index contributed by atoms with van der Waals surface area (Å²) in [4.78, 5) is 14.8. The van der Waals surface area contributed by atoms with Gasteiger partial charge >= 0.3 is 5.97 Å². The summed E-state index contributed by atoms with van der Waals surface area (Å²) in [6, 6.07) is 5.32. The first kappa shape index (κ1) is 12.9. The molecular weight excluding hydrogens is 274 g/mol. The van der Waals surface area contributed by atoms with E-state index in [0.717, 1.165) is 5.56 Å². The highest BCUT2D eigenvalue weighted by Gasteiger charge is 2.11. The maximum absolute atomic E-state index is 10.7. The molecule has 1 aromatic heterocycles. The first-order valence-electron chi connectivity index (χ1n) is 5.10. The summed E-state index contributed by atoms with van der Waals surface area (Å²) in [5.41, 5.74) is 0.951. The van der Waals surface area contributed by atoms with Crippen LogP contribution in [0.5, 0.6) is 5.75 Å². The molecule has 4 nitrogen and oxygen atoms in total. The summed E-state index contributed by atoms with van der Waals surface area (Å²) in [5, 5.41) is 11.7. The number of methoxy groups -OCH3 is 1. The van der Waals surface area contributed by atoms with Gasteiger partial charge in [-0.05, 0) is 18.2 Å². The van der Waals surface area contributed by atoms with Crippen molar-refractivity contribution < 1.29 is 14.6 Å². The van der Waals surface area contributed by atoms with Crippen LogP contribution in [0.4, 0.5) is 0 Å². The van der Waals surface area contributed by atoms with Crippen LogP contribution in [0, 0.1) is 0 Å². The Morgan fingerprint density at radius 1 is 1.56 bits per heavy atom. The molecule has 6 heteroatoms. The summed E-state index contributed by atoms with van der Waals surface area (Å²) < 4.78 is 5.23. The van der Waals surface area contributed by atoms with Gasteiger partial charge in [-0.1, -0.05) is 11.6 Å². The number of carboxylic acids is 1. The molecule has 18 heavy (non-hydrogen) atoms. The Morgan fingerprint density at radius 3 is 2.94 bits per heavy atom. The predicted molar refractivity (Wildman–Crippen MR) is 69.9 cm³/mol. The van der Waals surface area contributed by atoms with E-state index in [9.17, 15) is 4.79 Å². The van der Waals surface area contributed by atoms with Crippen molar-refractivity contribution in [1.29, 1.82) is 0 Å². The molecule has 94 valence electrons. The van der Waals surface area contributed by atoms with Gasteiger partial charge < -0.3 is 9.84 Å². The highest BCUT2D eigenvalue weighted by Crippen LogP contribution is 2.26. The number of hydrogen-bond acceptors (Lipinski definition) is 4. The molecule has 1 heterocycles. The normalized spacial score (nSPS) is 10.3. The molecular formula is C12H10ClNO3S. The van der Waals surface area contributed by atoms with Gasteiger partial charge in [0.15, 0.2) is 5.69 Å². The molecule has 0 aliphatic carbocycles. The quantitative estimate of drug-likeness (QED) is 0.937. The third kappa shape index (κ3) is 2.80. The van der Waals surface area contributed by atoms with Crippen LogP contribution in [-0.2, 0) is 6.42 Å². The van der Waals surface area contributed by atoms with E-state index >= 15 is 0 Å². The molecule has 0 amide bonds. The summed E-state index contributed by atoms with van der Waals surface area (Å²) in [6.07, 6.45) is 0.502. The molecule has 2 rings (SSSR count). The molecule has 0 aliphatic heterocycles. The minimum atomic E-state index is -1.02. The number of benzene rings is 1. The van der Waals surface area contributed by atoms with Gasteiger partial charge in [0.1, 0.15) is 5.75 Å². The number of halogens is 1. The van der Waals surface area contributed by atoms with Gasteiger partial charge in [-0.15, -0.1) is 11.3 Å². The Kier molecular flexibility index (Phi) is 3.84. The largest absolute Gasteiger partial charge is 0.496 e. The summed E-state index contributed by atoms with van der Waals surface area (Å²) >= 11 is 7.24. The molecule has 0 saturated heterocycles. The van der Waals surface area contributed by atoms with E-state index in [1.807, 2.05) is 0 Å². The minimum Gasteiger partial charge on any atom is -0.496 e. The average molecular weight is 284 g/mol. The lowest BCUT2D eigenvalue weighted by Crippen LogP contribution is -1.98. The number of ether oxygens (including phenoxy) is 1. The van der Waals surface area contributed by atoms with E-state index in [1.54, 1.807) is 25.3 Å². The molecule has 2 aromatic rings. The van der Waals surface area contributed by atoms with Crippen LogP contribution >= 0.6 is 22.9 Å². The second-order valence-corrected chi connectivity index (χ2v) is 4.94. The van der Waals surface area contributed by atoms with Gasteiger partial charge in [-0.25, -0.2) is 9.78 Å². The molecule has 1 N–H and O–H groups in total. The van der Waals surface area contributed by atoms with Crippen LogP contribution in [0.3, 0.4) is 0 Å². The molecule has 0 saturated carbocycles. The van der Waals surface area contributed by atoms with Crippen molar-refractivity contribution in [3.05, 3.63) is 44.9 Å². The van der Waals surface area contributed by atoms with E-state index < -0.39 is 5.97 Å². The molecule has 0 spiro atoms. The SMILES string of the molecule is COc1ccc(Cl)cc1Cc1nc(C(=O)O)cs1. The Labute approximate surface area is 113 Å². The topological polar surface area (TPSA) is 59.4 Å². The lowest BCUT2D eigenvalue weighted by molar-refractivity contribution is 0.0691. The second-order valence-electron chi connectivity index (χ2n) is 3.56. The summed E-state index contributed by atoms with van der Waals surface area (Å²) in [7, 11) is 1.58. The fourth-order valence-electron chi connectivity index (χ4n) is 1.54. The highest BCUT2D eigenvalue weighted by molar-refractivity contribution is 7.09. The molecule has 1 aromatic carbocycles. The third-order valence-electron chi connectivity index (χ3n) is 2.35. The van der Waals surface area contributed by atoms with Gasteiger partial charge in [0.2, 0.25) is 0 Å². The minimum absolute atomic E-state index is 0.0657. The predicted octanol–water partition coefficient (Wildman–Crippen LogP) is 3.09.